The number of fused-ring (bicyclic) bond motifs is 6. The predicted octanol–water partition coefficient (Wildman–Crippen LogP) is -0.415. The van der Waals surface area contributed by atoms with Gasteiger partial charge in [0.2, 0.25) is 0 Å². The summed E-state index contributed by atoms with van der Waals surface area (Å²) in [6.45, 7) is 7.17. The number of rotatable bonds is 1. The molecule has 1 heterocycles. The van der Waals surface area contributed by atoms with Gasteiger partial charge in [-0.05, 0) is 0 Å². The standard InChI is InChI=1S/C24H24Si.2ClH.Zr/c1-4-25-24(23-14-19-10-6-8-12-22(19)17(23)3)15-20-13-18-9-5-7-11-21(18)16(20)2;;;/h5-14,25H,4,15H2,1-3H3;2*1H;/q;;;+2/p-2. The Labute approximate surface area is 194 Å². The van der Waals surface area contributed by atoms with Crippen LogP contribution in [0.15, 0.2) is 59.7 Å². The fourth-order valence-electron chi connectivity index (χ4n) is 5.19. The van der Waals surface area contributed by atoms with E-state index >= 15 is 0 Å². The van der Waals surface area contributed by atoms with Crippen LogP contribution in [-0.4, -0.2) is 14.3 Å². The molecule has 3 aliphatic rings. The Morgan fingerprint density at radius 1 is 0.857 bits per heavy atom. The fourth-order valence-corrected chi connectivity index (χ4v) is 12.7. The van der Waals surface area contributed by atoms with Crippen LogP contribution in [0.5, 0.6) is 0 Å². The maximum absolute atomic E-state index is 2.43. The first-order chi connectivity index (χ1) is 12.7. The first-order valence-electron chi connectivity index (χ1n) is 9.75. The van der Waals surface area contributed by atoms with Crippen LogP contribution in [-0.2, 0) is 23.2 Å². The van der Waals surface area contributed by atoms with E-state index in [2.05, 4.69) is 69.3 Å². The Bertz CT molecular complexity index is 1020. The molecule has 2 unspecified atom stereocenters. The van der Waals surface area contributed by atoms with Gasteiger partial charge in [-0.15, -0.1) is 0 Å². The van der Waals surface area contributed by atoms with E-state index < -0.39 is 23.2 Å². The molecule has 0 bridgehead atoms. The Morgan fingerprint density at radius 3 is 2.07 bits per heavy atom. The predicted molar refractivity (Wildman–Crippen MR) is 111 cm³/mol. The van der Waals surface area contributed by atoms with Gasteiger partial charge in [0.1, 0.15) is 0 Å². The molecular formula is C24H24Cl2SiZr. The summed E-state index contributed by atoms with van der Waals surface area (Å²) in [5, 5.41) is 1.83. The Kier molecular flexibility index (Phi) is 6.87. The van der Waals surface area contributed by atoms with Gasteiger partial charge in [-0.2, -0.15) is 0 Å². The van der Waals surface area contributed by atoms with Crippen LogP contribution in [0.2, 0.25) is 6.04 Å². The van der Waals surface area contributed by atoms with Crippen molar-refractivity contribution in [3.63, 3.8) is 0 Å². The van der Waals surface area contributed by atoms with Crippen molar-refractivity contribution < 1.29 is 48.0 Å². The minimum atomic E-state index is -0.673. The molecule has 0 N–H and O–H groups in total. The zero-order valence-corrected chi connectivity index (χ0v) is 21.6. The second-order valence-corrected chi connectivity index (χ2v) is 13.3. The molecule has 2 aromatic rings. The number of benzene rings is 2. The molecule has 5 rings (SSSR count). The van der Waals surface area contributed by atoms with E-state index in [9.17, 15) is 0 Å². The molecule has 0 amide bonds. The van der Waals surface area contributed by atoms with Crippen molar-refractivity contribution in [2.24, 2.45) is 0 Å². The molecule has 28 heavy (non-hydrogen) atoms. The molecule has 0 aromatic heterocycles. The van der Waals surface area contributed by atoms with Crippen LogP contribution < -0.4 is 24.8 Å². The Hall–Kier alpha value is -0.530. The first kappa shape index (κ1) is 22.2. The van der Waals surface area contributed by atoms with Crippen molar-refractivity contribution in [2.45, 2.75) is 40.5 Å². The molecule has 0 radical (unpaired) electrons. The molecule has 142 valence electrons. The molecule has 1 fully saturated rings. The molecule has 0 saturated carbocycles. The summed E-state index contributed by atoms with van der Waals surface area (Å²) in [5.41, 5.74) is 13.2. The average Bonchev–Trinajstić information content (AvgIpc) is 3.01. The first-order valence-corrected chi connectivity index (χ1v) is 14.0. The van der Waals surface area contributed by atoms with Crippen LogP contribution in [0.1, 0.15) is 56.7 Å². The van der Waals surface area contributed by atoms with E-state index in [1.807, 2.05) is 5.17 Å². The summed E-state index contributed by atoms with van der Waals surface area (Å²) < 4.78 is 1.55. The molecule has 1 saturated heterocycles. The quantitative estimate of drug-likeness (QED) is 0.465. The number of allylic oxidation sites excluding steroid dienone is 4. The van der Waals surface area contributed by atoms with Gasteiger partial charge in [0, 0.05) is 0 Å². The maximum Gasteiger partial charge on any atom is -1.00 e. The van der Waals surface area contributed by atoms with Crippen LogP contribution in [0.3, 0.4) is 0 Å². The van der Waals surface area contributed by atoms with Gasteiger partial charge in [-0.3, -0.25) is 0 Å². The van der Waals surface area contributed by atoms with Crippen molar-refractivity contribution in [3.05, 3.63) is 81.9 Å². The van der Waals surface area contributed by atoms with Crippen molar-refractivity contribution in [2.75, 3.05) is 0 Å². The largest absolute Gasteiger partial charge is 1.00 e. The minimum absolute atomic E-state index is 0. The van der Waals surface area contributed by atoms with E-state index in [0.29, 0.717) is 9.13 Å². The van der Waals surface area contributed by atoms with E-state index in [1.165, 1.54) is 12.5 Å². The normalized spacial score (nSPS) is 22.8. The number of hydrogen-bond acceptors (Lipinski definition) is 0. The van der Waals surface area contributed by atoms with E-state index in [-0.39, 0.29) is 24.8 Å². The summed E-state index contributed by atoms with van der Waals surface area (Å²) in [6.07, 6.45) is 1.26. The Morgan fingerprint density at radius 2 is 1.43 bits per heavy atom. The third-order valence-electron chi connectivity index (χ3n) is 6.39. The molecule has 2 aromatic carbocycles. The van der Waals surface area contributed by atoms with E-state index in [4.69, 9.17) is 0 Å². The van der Waals surface area contributed by atoms with Crippen molar-refractivity contribution in [1.29, 1.82) is 0 Å². The second kappa shape index (κ2) is 8.68. The maximum atomic E-state index is 2.43. The van der Waals surface area contributed by atoms with Crippen LogP contribution in [0, 0.1) is 0 Å². The third kappa shape index (κ3) is 3.25. The van der Waals surface area contributed by atoms with E-state index in [1.54, 1.807) is 44.5 Å². The fraction of sp³-hybridized carbons (Fsp3) is 0.292. The number of halogens is 2. The smallest absolute Gasteiger partial charge is 1.00 e. The Balaban J connectivity index is 0.00000112. The van der Waals surface area contributed by atoms with Gasteiger partial charge >= 0.3 is 171 Å². The molecular weight excluding hydrogens is 478 g/mol. The summed E-state index contributed by atoms with van der Waals surface area (Å²) in [5.74, 6) is 0. The summed E-state index contributed by atoms with van der Waals surface area (Å²) >= 11 is -0.673. The topological polar surface area (TPSA) is 0 Å². The van der Waals surface area contributed by atoms with Crippen LogP contribution in [0.25, 0.3) is 11.1 Å². The summed E-state index contributed by atoms with van der Waals surface area (Å²) in [6, 6.07) is 19.9. The molecule has 2 atom stereocenters. The van der Waals surface area contributed by atoms with Gasteiger partial charge in [0.05, 0.1) is 0 Å². The van der Waals surface area contributed by atoms with Gasteiger partial charge in [-0.1, -0.05) is 0 Å². The van der Waals surface area contributed by atoms with Gasteiger partial charge < -0.3 is 24.8 Å². The second-order valence-electron chi connectivity index (χ2n) is 7.71. The molecule has 0 nitrogen and oxygen atoms in total. The van der Waals surface area contributed by atoms with Crippen molar-refractivity contribution in [3.8, 4) is 0 Å². The molecule has 1 aliphatic heterocycles. The molecule has 0 spiro atoms. The molecule has 2 aliphatic carbocycles. The van der Waals surface area contributed by atoms with E-state index in [0.717, 1.165) is 7.25 Å². The average molecular weight is 503 g/mol. The zero-order valence-electron chi connectivity index (χ0n) is 16.5. The zero-order chi connectivity index (χ0) is 17.8. The number of hydrogen-bond donors (Lipinski definition) is 0. The van der Waals surface area contributed by atoms with Gasteiger partial charge in [0.15, 0.2) is 0 Å². The van der Waals surface area contributed by atoms with Crippen molar-refractivity contribution in [1.82, 2.24) is 0 Å². The summed E-state index contributed by atoms with van der Waals surface area (Å²) in [4.78, 5) is 0. The van der Waals surface area contributed by atoms with Crippen LogP contribution >= 0.6 is 0 Å². The minimum Gasteiger partial charge on any atom is -1.00 e. The van der Waals surface area contributed by atoms with Gasteiger partial charge in [-0.25, -0.2) is 0 Å². The molecule has 4 heteroatoms. The van der Waals surface area contributed by atoms with Gasteiger partial charge in [0.25, 0.3) is 0 Å². The SMILES string of the molecule is CC[SiH]=C1CC2=C(C)c3ccccc3[CH]2[Zr+2][CH]2C1=C(C)c1ccccc12.[Cl-].[Cl-]. The van der Waals surface area contributed by atoms with Crippen LogP contribution in [0.4, 0.5) is 0 Å². The monoisotopic (exact) mass is 500 g/mol. The summed E-state index contributed by atoms with van der Waals surface area (Å²) in [7, 11) is 0.423. The third-order valence-corrected chi connectivity index (χ3v) is 12.5. The van der Waals surface area contributed by atoms with Crippen molar-refractivity contribution >= 4 is 25.4 Å².